The van der Waals surface area contributed by atoms with Crippen molar-refractivity contribution in [3.8, 4) is 11.3 Å². The first-order chi connectivity index (χ1) is 11.0. The topological polar surface area (TPSA) is 102 Å². The van der Waals surface area contributed by atoms with Gasteiger partial charge in [0.2, 0.25) is 5.91 Å². The second-order valence-corrected chi connectivity index (χ2v) is 5.07. The molecule has 0 saturated carbocycles. The van der Waals surface area contributed by atoms with E-state index in [0.717, 1.165) is 11.1 Å². The smallest absolute Gasteiger partial charge is 0.241 e. The van der Waals surface area contributed by atoms with Gasteiger partial charge in [-0.15, -0.1) is 0 Å². The van der Waals surface area contributed by atoms with Crippen molar-refractivity contribution in [3.63, 3.8) is 0 Å². The summed E-state index contributed by atoms with van der Waals surface area (Å²) < 4.78 is 0. The normalized spacial score (nSPS) is 11.2. The Morgan fingerprint density at radius 1 is 1.30 bits per heavy atom. The van der Waals surface area contributed by atoms with Crippen molar-refractivity contribution in [2.24, 2.45) is 5.73 Å². The molecule has 3 N–H and O–H groups in total. The second-order valence-electron chi connectivity index (χ2n) is 5.07. The SMILES string of the molecule is CC(=O)c1cccc(-c2cnc3[nH]cc(C=CC(N)=O)c3n2)c1. The minimum absolute atomic E-state index is 0.00684. The van der Waals surface area contributed by atoms with Gasteiger partial charge in [-0.2, -0.15) is 0 Å². The maximum atomic E-state index is 11.5. The van der Waals surface area contributed by atoms with Gasteiger partial charge in [-0.25, -0.2) is 9.97 Å². The first kappa shape index (κ1) is 14.6. The summed E-state index contributed by atoms with van der Waals surface area (Å²) in [4.78, 5) is 34.3. The summed E-state index contributed by atoms with van der Waals surface area (Å²) >= 11 is 0. The molecular formula is C17H14N4O2. The number of fused-ring (bicyclic) bond motifs is 1. The van der Waals surface area contributed by atoms with Crippen molar-refractivity contribution < 1.29 is 9.59 Å². The fourth-order valence-corrected chi connectivity index (χ4v) is 2.25. The Kier molecular flexibility index (Phi) is 3.72. The zero-order valence-electron chi connectivity index (χ0n) is 12.4. The van der Waals surface area contributed by atoms with E-state index in [1.54, 1.807) is 30.6 Å². The molecule has 0 aliphatic heterocycles. The van der Waals surface area contributed by atoms with Gasteiger partial charge >= 0.3 is 0 Å². The summed E-state index contributed by atoms with van der Waals surface area (Å²) in [6, 6.07) is 7.22. The maximum absolute atomic E-state index is 11.5. The zero-order valence-corrected chi connectivity index (χ0v) is 12.4. The third kappa shape index (κ3) is 3.01. The molecule has 0 aliphatic carbocycles. The third-order valence-corrected chi connectivity index (χ3v) is 3.40. The van der Waals surface area contributed by atoms with Gasteiger partial charge in [-0.1, -0.05) is 18.2 Å². The van der Waals surface area contributed by atoms with Crippen LogP contribution in [0.5, 0.6) is 0 Å². The molecule has 3 aromatic rings. The standard InChI is InChI=1S/C17H14N4O2/c1-10(22)11-3-2-4-12(7-11)14-9-20-17-16(21-14)13(8-19-17)5-6-15(18)23/h2-9H,1H3,(H2,18,23)(H,19,20). The van der Waals surface area contributed by atoms with Crippen LogP contribution in [-0.2, 0) is 4.79 Å². The van der Waals surface area contributed by atoms with Crippen molar-refractivity contribution in [1.82, 2.24) is 15.0 Å². The van der Waals surface area contributed by atoms with E-state index < -0.39 is 5.91 Å². The lowest BCUT2D eigenvalue weighted by molar-refractivity contribution is -0.113. The average Bonchev–Trinajstić information content (AvgIpc) is 2.95. The first-order valence-electron chi connectivity index (χ1n) is 6.97. The van der Waals surface area contributed by atoms with E-state index in [0.29, 0.717) is 22.4 Å². The lowest BCUT2D eigenvalue weighted by Gasteiger charge is -2.03. The summed E-state index contributed by atoms with van der Waals surface area (Å²) in [5, 5.41) is 0. The molecule has 6 heteroatoms. The van der Waals surface area contributed by atoms with E-state index in [-0.39, 0.29) is 5.78 Å². The van der Waals surface area contributed by atoms with E-state index in [1.165, 1.54) is 13.0 Å². The summed E-state index contributed by atoms with van der Waals surface area (Å²) in [6.45, 7) is 1.52. The van der Waals surface area contributed by atoms with Crippen molar-refractivity contribution >= 4 is 28.9 Å². The Labute approximate surface area is 132 Å². The number of nitrogens with one attached hydrogen (secondary N) is 1. The molecule has 0 fully saturated rings. The van der Waals surface area contributed by atoms with Gasteiger partial charge in [-0.05, 0) is 19.1 Å². The number of aromatic nitrogens is 3. The van der Waals surface area contributed by atoms with E-state index in [2.05, 4.69) is 15.0 Å². The number of hydrogen-bond acceptors (Lipinski definition) is 4. The summed E-state index contributed by atoms with van der Waals surface area (Å²) in [6.07, 6.45) is 6.21. The number of nitrogens with zero attached hydrogens (tertiary/aromatic N) is 2. The lowest BCUT2D eigenvalue weighted by Crippen LogP contribution is -2.05. The van der Waals surface area contributed by atoms with Crippen LogP contribution in [0.2, 0.25) is 0 Å². The Balaban J connectivity index is 2.09. The van der Waals surface area contributed by atoms with Gasteiger partial charge in [0.25, 0.3) is 0 Å². The van der Waals surface area contributed by atoms with Crippen molar-refractivity contribution in [2.45, 2.75) is 6.92 Å². The molecule has 1 aromatic carbocycles. The first-order valence-corrected chi connectivity index (χ1v) is 6.97. The highest BCUT2D eigenvalue weighted by molar-refractivity contribution is 5.96. The van der Waals surface area contributed by atoms with Gasteiger partial charge in [0.15, 0.2) is 11.4 Å². The van der Waals surface area contributed by atoms with Crippen LogP contribution in [0.15, 0.2) is 42.7 Å². The number of benzene rings is 1. The second kappa shape index (κ2) is 5.84. The molecule has 0 spiro atoms. The lowest BCUT2D eigenvalue weighted by atomic mass is 10.1. The fourth-order valence-electron chi connectivity index (χ4n) is 2.25. The van der Waals surface area contributed by atoms with Crippen LogP contribution in [0.4, 0.5) is 0 Å². The highest BCUT2D eigenvalue weighted by atomic mass is 16.1. The highest BCUT2D eigenvalue weighted by Crippen LogP contribution is 2.22. The fraction of sp³-hybridized carbons (Fsp3) is 0.0588. The predicted molar refractivity (Wildman–Crippen MR) is 87.6 cm³/mol. The van der Waals surface area contributed by atoms with Gasteiger partial charge in [0.1, 0.15) is 5.52 Å². The van der Waals surface area contributed by atoms with Crippen molar-refractivity contribution in [3.05, 3.63) is 53.9 Å². The minimum atomic E-state index is -0.530. The van der Waals surface area contributed by atoms with Crippen LogP contribution in [0, 0.1) is 0 Å². The number of rotatable bonds is 4. The van der Waals surface area contributed by atoms with Gasteiger partial charge in [0.05, 0.1) is 11.9 Å². The van der Waals surface area contributed by atoms with Crippen molar-refractivity contribution in [1.29, 1.82) is 0 Å². The number of carbonyl (C=O) groups is 2. The molecule has 0 radical (unpaired) electrons. The molecule has 114 valence electrons. The summed E-state index contributed by atoms with van der Waals surface area (Å²) in [5.41, 5.74) is 9.15. The number of primary amides is 1. The largest absolute Gasteiger partial charge is 0.366 e. The van der Waals surface area contributed by atoms with Crippen LogP contribution in [0.25, 0.3) is 28.5 Å². The number of aromatic amines is 1. The molecule has 23 heavy (non-hydrogen) atoms. The van der Waals surface area contributed by atoms with Crippen LogP contribution in [0.1, 0.15) is 22.8 Å². The molecule has 0 aliphatic rings. The minimum Gasteiger partial charge on any atom is -0.366 e. The molecule has 0 atom stereocenters. The number of hydrogen-bond donors (Lipinski definition) is 2. The Bertz CT molecular complexity index is 941. The van der Waals surface area contributed by atoms with Crippen LogP contribution in [-0.4, -0.2) is 26.6 Å². The van der Waals surface area contributed by atoms with Crippen LogP contribution < -0.4 is 5.73 Å². The molecule has 3 rings (SSSR count). The molecule has 2 aromatic heterocycles. The zero-order chi connectivity index (χ0) is 16.4. The number of carbonyl (C=O) groups excluding carboxylic acids is 2. The van der Waals surface area contributed by atoms with Crippen LogP contribution in [0.3, 0.4) is 0 Å². The summed E-state index contributed by atoms with van der Waals surface area (Å²) in [7, 11) is 0. The molecular weight excluding hydrogens is 292 g/mol. The van der Waals surface area contributed by atoms with Gasteiger partial charge in [-0.3, -0.25) is 9.59 Å². The van der Waals surface area contributed by atoms with Gasteiger partial charge < -0.3 is 10.7 Å². The molecule has 6 nitrogen and oxygen atoms in total. The Morgan fingerprint density at radius 2 is 2.13 bits per heavy atom. The number of ketones is 1. The van der Waals surface area contributed by atoms with Crippen LogP contribution >= 0.6 is 0 Å². The van der Waals surface area contributed by atoms with E-state index in [4.69, 9.17) is 5.73 Å². The maximum Gasteiger partial charge on any atom is 0.241 e. The molecule has 2 heterocycles. The van der Waals surface area contributed by atoms with Gasteiger partial charge in [0, 0.05) is 29.0 Å². The highest BCUT2D eigenvalue weighted by Gasteiger charge is 2.09. The summed E-state index contributed by atoms with van der Waals surface area (Å²) in [5.74, 6) is -0.537. The van der Waals surface area contributed by atoms with E-state index in [9.17, 15) is 9.59 Å². The Hall–Kier alpha value is -3.28. The quantitative estimate of drug-likeness (QED) is 0.570. The third-order valence-electron chi connectivity index (χ3n) is 3.40. The van der Waals surface area contributed by atoms with E-state index in [1.807, 2.05) is 12.1 Å². The number of H-pyrrole nitrogens is 1. The molecule has 0 saturated heterocycles. The number of Topliss-reactive ketones (excluding diaryl/α,β-unsaturated/α-hetero) is 1. The van der Waals surface area contributed by atoms with E-state index >= 15 is 0 Å². The predicted octanol–water partition coefficient (Wildman–Crippen LogP) is 2.33. The number of nitrogens with two attached hydrogens (primary N) is 1. The molecule has 0 unspecified atom stereocenters. The molecule has 0 bridgehead atoms. The average molecular weight is 306 g/mol. The molecule has 1 amide bonds. The monoisotopic (exact) mass is 306 g/mol. The Morgan fingerprint density at radius 3 is 2.87 bits per heavy atom. The van der Waals surface area contributed by atoms with Crippen molar-refractivity contribution in [2.75, 3.05) is 0 Å². The number of amides is 1.